The van der Waals surface area contributed by atoms with E-state index in [1.165, 1.54) is 18.2 Å². The van der Waals surface area contributed by atoms with E-state index in [0.717, 1.165) is 5.56 Å². The minimum atomic E-state index is -1.18. The molecule has 8 nitrogen and oxygen atoms in total. The van der Waals surface area contributed by atoms with Crippen molar-refractivity contribution in [3.8, 4) is 5.75 Å². The van der Waals surface area contributed by atoms with E-state index < -0.39 is 18.0 Å². The smallest absolute Gasteiger partial charge is 0.339 e. The number of benzene rings is 2. The van der Waals surface area contributed by atoms with Gasteiger partial charge in [-0.3, -0.25) is 0 Å². The van der Waals surface area contributed by atoms with Crippen molar-refractivity contribution in [1.29, 1.82) is 0 Å². The third kappa shape index (κ3) is 6.65. The Balaban J connectivity index is 1.99. The van der Waals surface area contributed by atoms with Crippen LogP contribution in [0.25, 0.3) is 0 Å². The minimum absolute atomic E-state index is 0.00291. The van der Waals surface area contributed by atoms with Crippen molar-refractivity contribution in [2.45, 2.75) is 26.2 Å². The van der Waals surface area contributed by atoms with Gasteiger partial charge in [0.1, 0.15) is 31.7 Å². The molecule has 0 aliphatic carbocycles. The molecule has 31 heavy (non-hydrogen) atoms. The largest absolute Gasteiger partial charge is 0.490 e. The Morgan fingerprint density at radius 3 is 2.06 bits per heavy atom. The number of rotatable bonds is 11. The number of aliphatic hydroxyl groups excluding tert-OH is 3. The molecule has 166 valence electrons. The lowest BCUT2D eigenvalue weighted by Crippen LogP contribution is -2.26. The van der Waals surface area contributed by atoms with E-state index in [2.05, 4.69) is 6.58 Å². The van der Waals surface area contributed by atoms with Gasteiger partial charge < -0.3 is 29.5 Å². The number of esters is 2. The van der Waals surface area contributed by atoms with Crippen molar-refractivity contribution in [3.63, 3.8) is 0 Å². The molecule has 0 heterocycles. The van der Waals surface area contributed by atoms with E-state index in [1.54, 1.807) is 24.3 Å². The first-order chi connectivity index (χ1) is 14.9. The molecular weight excluding hydrogens is 404 g/mol. The van der Waals surface area contributed by atoms with E-state index in [9.17, 15) is 24.9 Å². The van der Waals surface area contributed by atoms with Crippen molar-refractivity contribution in [1.82, 2.24) is 0 Å². The average Bonchev–Trinajstić information content (AvgIpc) is 2.79. The van der Waals surface area contributed by atoms with E-state index >= 15 is 0 Å². The fourth-order valence-electron chi connectivity index (χ4n) is 2.88. The summed E-state index contributed by atoms with van der Waals surface area (Å²) in [6.45, 7) is 4.07. The number of carbonyl (C=O) groups excluding carboxylic acids is 2. The van der Waals surface area contributed by atoms with E-state index in [1.807, 2.05) is 6.92 Å². The maximum Gasteiger partial charge on any atom is 0.339 e. The Kier molecular flexibility index (Phi) is 9.20. The van der Waals surface area contributed by atoms with Gasteiger partial charge in [0.2, 0.25) is 0 Å². The molecule has 0 radical (unpaired) electrons. The predicted octanol–water partition coefficient (Wildman–Crippen LogP) is 1.92. The van der Waals surface area contributed by atoms with Crippen LogP contribution in [0.2, 0.25) is 0 Å². The van der Waals surface area contributed by atoms with Crippen LogP contribution in [-0.4, -0.2) is 53.2 Å². The Bertz CT molecular complexity index is 897. The first kappa shape index (κ1) is 24.1. The quantitative estimate of drug-likeness (QED) is 0.365. The highest BCUT2D eigenvalue weighted by atomic mass is 16.6. The maximum atomic E-state index is 12.4. The van der Waals surface area contributed by atoms with Gasteiger partial charge in [-0.15, -0.1) is 0 Å². The van der Waals surface area contributed by atoms with Gasteiger partial charge in [-0.1, -0.05) is 42.5 Å². The second-order valence-electron chi connectivity index (χ2n) is 6.72. The number of hydrogen-bond acceptors (Lipinski definition) is 8. The fraction of sp³-hybridized carbons (Fsp3) is 0.304. The van der Waals surface area contributed by atoms with E-state index in [-0.39, 0.29) is 49.9 Å². The molecule has 0 aliphatic rings. The third-order valence-electron chi connectivity index (χ3n) is 4.25. The molecule has 0 saturated carbocycles. The highest BCUT2D eigenvalue weighted by Crippen LogP contribution is 2.26. The summed E-state index contributed by atoms with van der Waals surface area (Å²) < 4.78 is 15.6. The van der Waals surface area contributed by atoms with Crippen LogP contribution >= 0.6 is 0 Å². The number of carbonyl (C=O) groups is 2. The molecule has 2 aromatic rings. The molecule has 0 aliphatic heterocycles. The molecule has 0 aromatic heterocycles. The van der Waals surface area contributed by atoms with E-state index in [4.69, 9.17) is 14.2 Å². The molecule has 3 N–H and O–H groups in total. The van der Waals surface area contributed by atoms with Crippen LogP contribution < -0.4 is 4.74 Å². The SMILES string of the molecule is C=CCOC(=O)c1ccccc1C(=O)OCC(O)COc1c(CO)cc(C)cc1CO. The van der Waals surface area contributed by atoms with Crippen LogP contribution in [0.4, 0.5) is 0 Å². The van der Waals surface area contributed by atoms with Crippen LogP contribution in [0.15, 0.2) is 49.1 Å². The number of hydrogen-bond donors (Lipinski definition) is 3. The zero-order chi connectivity index (χ0) is 22.8. The summed E-state index contributed by atoms with van der Waals surface area (Å²) >= 11 is 0. The lowest BCUT2D eigenvalue weighted by atomic mass is 10.1. The van der Waals surface area contributed by atoms with Gasteiger partial charge in [-0.25, -0.2) is 9.59 Å². The zero-order valence-electron chi connectivity index (χ0n) is 17.2. The molecule has 2 rings (SSSR count). The molecule has 1 atom stereocenters. The molecule has 0 saturated heterocycles. The summed E-state index contributed by atoms with van der Waals surface area (Å²) in [6.07, 6.45) is 0.233. The molecule has 1 unspecified atom stereocenters. The van der Waals surface area contributed by atoms with Gasteiger partial charge in [-0.2, -0.15) is 0 Å². The van der Waals surface area contributed by atoms with Crippen LogP contribution in [0.1, 0.15) is 37.4 Å². The summed E-state index contributed by atoms with van der Waals surface area (Å²) in [7, 11) is 0. The zero-order valence-corrected chi connectivity index (χ0v) is 17.2. The topological polar surface area (TPSA) is 123 Å². The number of aryl methyl sites for hydroxylation is 1. The molecule has 0 fully saturated rings. The average molecular weight is 430 g/mol. The van der Waals surface area contributed by atoms with Crippen LogP contribution in [0.3, 0.4) is 0 Å². The Labute approximate surface area is 180 Å². The lowest BCUT2D eigenvalue weighted by Gasteiger charge is -2.18. The highest BCUT2D eigenvalue weighted by Gasteiger charge is 2.20. The standard InChI is InChI=1S/C23H26O8/c1-3-8-29-22(27)19-6-4-5-7-20(19)23(28)31-14-18(26)13-30-21-16(11-24)9-15(2)10-17(21)12-25/h3-7,9-10,18,24-26H,1,8,11-14H2,2H3. The van der Waals surface area contributed by atoms with Gasteiger partial charge in [0, 0.05) is 11.1 Å². The van der Waals surface area contributed by atoms with Crippen LogP contribution in [0.5, 0.6) is 5.75 Å². The van der Waals surface area contributed by atoms with Crippen LogP contribution in [-0.2, 0) is 22.7 Å². The summed E-state index contributed by atoms with van der Waals surface area (Å²) in [5.41, 5.74) is 1.84. The van der Waals surface area contributed by atoms with Crippen LogP contribution in [0, 0.1) is 6.92 Å². The molecule has 0 spiro atoms. The number of aliphatic hydroxyl groups is 3. The minimum Gasteiger partial charge on any atom is -0.490 e. The Morgan fingerprint density at radius 1 is 1.00 bits per heavy atom. The van der Waals surface area contributed by atoms with Gasteiger partial charge >= 0.3 is 11.9 Å². The highest BCUT2D eigenvalue weighted by molar-refractivity contribution is 6.03. The fourth-order valence-corrected chi connectivity index (χ4v) is 2.88. The number of ether oxygens (including phenoxy) is 3. The van der Waals surface area contributed by atoms with Crippen molar-refractivity contribution >= 4 is 11.9 Å². The monoisotopic (exact) mass is 430 g/mol. The summed E-state index contributed by atoms with van der Waals surface area (Å²) in [4.78, 5) is 24.5. The molecular formula is C23H26O8. The lowest BCUT2D eigenvalue weighted by molar-refractivity contribution is 0.0122. The molecule has 0 bridgehead atoms. The van der Waals surface area contributed by atoms with Crippen molar-refractivity contribution in [2.24, 2.45) is 0 Å². The summed E-state index contributed by atoms with van der Waals surface area (Å²) in [5, 5.41) is 29.2. The van der Waals surface area contributed by atoms with Crippen molar-refractivity contribution in [3.05, 3.63) is 76.9 Å². The normalized spacial score (nSPS) is 11.5. The second kappa shape index (κ2) is 11.8. The third-order valence-corrected chi connectivity index (χ3v) is 4.25. The first-order valence-corrected chi connectivity index (χ1v) is 9.60. The Morgan fingerprint density at radius 2 is 1.55 bits per heavy atom. The maximum absolute atomic E-state index is 12.4. The predicted molar refractivity (Wildman–Crippen MR) is 112 cm³/mol. The van der Waals surface area contributed by atoms with Gasteiger partial charge in [-0.05, 0) is 19.1 Å². The Hall–Kier alpha value is -3.20. The summed E-state index contributed by atoms with van der Waals surface area (Å²) in [5.74, 6) is -1.22. The molecule has 2 aromatic carbocycles. The van der Waals surface area contributed by atoms with Gasteiger partial charge in [0.25, 0.3) is 0 Å². The van der Waals surface area contributed by atoms with Gasteiger partial charge in [0.15, 0.2) is 0 Å². The second-order valence-corrected chi connectivity index (χ2v) is 6.72. The van der Waals surface area contributed by atoms with Gasteiger partial charge in [0.05, 0.1) is 24.3 Å². The van der Waals surface area contributed by atoms with E-state index in [0.29, 0.717) is 11.1 Å². The summed E-state index contributed by atoms with van der Waals surface area (Å²) in [6, 6.07) is 9.44. The first-order valence-electron chi connectivity index (χ1n) is 9.60. The van der Waals surface area contributed by atoms with Crippen molar-refractivity contribution in [2.75, 3.05) is 19.8 Å². The molecule has 0 amide bonds. The van der Waals surface area contributed by atoms with Crippen molar-refractivity contribution < 1.29 is 39.1 Å². The molecule has 8 heteroatoms.